The van der Waals surface area contributed by atoms with E-state index in [9.17, 15) is 13.2 Å². The molecule has 1 unspecified atom stereocenters. The molecule has 3 rings (SSSR count). The van der Waals surface area contributed by atoms with Crippen LogP contribution >= 0.6 is 35.6 Å². The normalized spacial score (nSPS) is 20.7. The molecular weight excluding hydrogens is 534 g/mol. The molecule has 30 heavy (non-hydrogen) atoms. The maximum atomic E-state index is 12.8. The topological polar surface area (TPSA) is 61.8 Å². The predicted molar refractivity (Wildman–Crippen MR) is 123 cm³/mol. The van der Waals surface area contributed by atoms with Crippen LogP contribution in [0, 0.1) is 5.41 Å². The Balaban J connectivity index is 0.00000320. The van der Waals surface area contributed by atoms with Crippen molar-refractivity contribution in [2.24, 2.45) is 10.4 Å². The van der Waals surface area contributed by atoms with Crippen molar-refractivity contribution in [1.82, 2.24) is 15.6 Å². The number of pyridine rings is 1. The number of nitrogens with zero attached hydrogens (tertiary/aromatic N) is 3. The summed E-state index contributed by atoms with van der Waals surface area (Å²) in [4.78, 5) is 10.1. The van der Waals surface area contributed by atoms with Crippen LogP contribution < -0.4 is 15.5 Å². The molecule has 2 N–H and O–H groups in total. The number of hydrogen-bond donors (Lipinski definition) is 2. The van der Waals surface area contributed by atoms with Crippen LogP contribution in [0.2, 0.25) is 5.02 Å². The first-order valence-electron chi connectivity index (χ1n) is 9.70. The molecule has 0 aromatic carbocycles. The van der Waals surface area contributed by atoms with E-state index >= 15 is 0 Å². The van der Waals surface area contributed by atoms with Crippen molar-refractivity contribution in [2.45, 2.75) is 37.9 Å². The van der Waals surface area contributed by atoms with Gasteiger partial charge in [0.2, 0.25) is 0 Å². The molecule has 0 radical (unpaired) electrons. The van der Waals surface area contributed by atoms with Crippen LogP contribution in [0.4, 0.5) is 19.0 Å². The zero-order valence-electron chi connectivity index (χ0n) is 17.1. The van der Waals surface area contributed by atoms with Gasteiger partial charge >= 0.3 is 6.18 Å². The van der Waals surface area contributed by atoms with Crippen molar-refractivity contribution in [3.05, 3.63) is 22.8 Å². The van der Waals surface area contributed by atoms with Gasteiger partial charge in [-0.15, -0.1) is 24.0 Å². The fraction of sp³-hybridized carbons (Fsp3) is 0.684. The summed E-state index contributed by atoms with van der Waals surface area (Å²) in [6, 6.07) is 1.04. The van der Waals surface area contributed by atoms with E-state index in [1.807, 2.05) is 4.90 Å². The minimum Gasteiger partial charge on any atom is -0.385 e. The molecule has 170 valence electrons. The van der Waals surface area contributed by atoms with E-state index in [4.69, 9.17) is 16.3 Å². The molecule has 1 saturated heterocycles. The van der Waals surface area contributed by atoms with Gasteiger partial charge < -0.3 is 20.3 Å². The van der Waals surface area contributed by atoms with E-state index in [1.54, 1.807) is 14.2 Å². The van der Waals surface area contributed by atoms with Crippen LogP contribution in [0.25, 0.3) is 0 Å². The number of aliphatic imine (C=N–C) groups is 1. The summed E-state index contributed by atoms with van der Waals surface area (Å²) in [7, 11) is 3.44. The van der Waals surface area contributed by atoms with Gasteiger partial charge in [-0.05, 0) is 37.2 Å². The first kappa shape index (κ1) is 25.3. The highest BCUT2D eigenvalue weighted by molar-refractivity contribution is 14.0. The van der Waals surface area contributed by atoms with E-state index in [2.05, 4.69) is 20.6 Å². The number of anilines is 1. The first-order valence-corrected chi connectivity index (χ1v) is 10.1. The zero-order chi connectivity index (χ0) is 21.1. The lowest BCUT2D eigenvalue weighted by Crippen LogP contribution is -2.46. The summed E-state index contributed by atoms with van der Waals surface area (Å²) < 4.78 is 43.6. The van der Waals surface area contributed by atoms with E-state index in [0.29, 0.717) is 24.3 Å². The first-order chi connectivity index (χ1) is 13.8. The van der Waals surface area contributed by atoms with Crippen LogP contribution in [-0.2, 0) is 10.9 Å². The molecule has 0 bridgehead atoms. The number of guanidine groups is 1. The Morgan fingerprint density at radius 2 is 2.17 bits per heavy atom. The Hall–Kier alpha value is -1.01. The van der Waals surface area contributed by atoms with E-state index in [0.717, 1.165) is 44.2 Å². The van der Waals surface area contributed by atoms with Gasteiger partial charge in [-0.1, -0.05) is 11.6 Å². The monoisotopic (exact) mass is 561 g/mol. The van der Waals surface area contributed by atoms with E-state index in [-0.39, 0.29) is 35.0 Å². The molecule has 1 aliphatic carbocycles. The maximum absolute atomic E-state index is 12.8. The fourth-order valence-corrected chi connectivity index (χ4v) is 3.84. The van der Waals surface area contributed by atoms with Gasteiger partial charge in [0, 0.05) is 52.6 Å². The van der Waals surface area contributed by atoms with Crippen LogP contribution in [0.1, 0.15) is 31.2 Å². The third-order valence-electron chi connectivity index (χ3n) is 5.63. The number of halogens is 5. The number of ether oxygens (including phenoxy) is 1. The lowest BCUT2D eigenvalue weighted by atomic mass is 10.0. The van der Waals surface area contributed by atoms with E-state index < -0.39 is 11.7 Å². The Morgan fingerprint density at radius 1 is 1.43 bits per heavy atom. The highest BCUT2D eigenvalue weighted by Crippen LogP contribution is 2.48. The highest BCUT2D eigenvalue weighted by Gasteiger charge is 2.42. The van der Waals surface area contributed by atoms with Crippen molar-refractivity contribution in [1.29, 1.82) is 0 Å². The largest absolute Gasteiger partial charge is 0.417 e. The summed E-state index contributed by atoms with van der Waals surface area (Å²) in [5, 5.41) is 6.80. The fourth-order valence-electron chi connectivity index (χ4n) is 3.56. The second kappa shape index (κ2) is 10.5. The zero-order valence-corrected chi connectivity index (χ0v) is 20.1. The number of hydrogen-bond acceptors (Lipinski definition) is 4. The molecule has 1 aromatic rings. The molecule has 2 fully saturated rings. The molecule has 0 spiro atoms. The third kappa shape index (κ3) is 6.49. The standard InChI is InChI=1S/C19H27ClF3N5O.HI/c1-24-17(26-12-18(4-5-18)6-8-29-2)27-14-3-7-28(11-14)16-15(20)9-13(10-25-16)19(21,22)23;/h9-10,14H,3-8,11-12H2,1-2H3,(H2,24,26,27);1H. The van der Waals surface area contributed by atoms with Crippen molar-refractivity contribution in [3.8, 4) is 0 Å². The molecule has 1 saturated carbocycles. The predicted octanol–water partition coefficient (Wildman–Crippen LogP) is 3.93. The molecule has 0 amide bonds. The number of aromatic nitrogens is 1. The van der Waals surface area contributed by atoms with Gasteiger partial charge in [0.05, 0.1) is 10.6 Å². The van der Waals surface area contributed by atoms with E-state index in [1.165, 1.54) is 12.8 Å². The van der Waals surface area contributed by atoms with Gasteiger partial charge in [0.15, 0.2) is 5.96 Å². The van der Waals surface area contributed by atoms with Gasteiger partial charge in [-0.3, -0.25) is 4.99 Å². The van der Waals surface area contributed by atoms with Gasteiger partial charge in [0.1, 0.15) is 5.82 Å². The smallest absolute Gasteiger partial charge is 0.385 e. The average molecular weight is 562 g/mol. The Labute approximate surface area is 197 Å². The second-order valence-corrected chi connectivity index (χ2v) is 8.18. The molecule has 6 nitrogen and oxygen atoms in total. The van der Waals surface area contributed by atoms with Crippen LogP contribution in [-0.4, -0.2) is 57.4 Å². The number of alkyl halides is 3. The van der Waals surface area contributed by atoms with Crippen molar-refractivity contribution in [3.63, 3.8) is 0 Å². The van der Waals surface area contributed by atoms with Crippen molar-refractivity contribution in [2.75, 3.05) is 45.3 Å². The van der Waals surface area contributed by atoms with Crippen molar-refractivity contribution >= 4 is 47.4 Å². The minimum absolute atomic E-state index is 0. The van der Waals surface area contributed by atoms with Crippen LogP contribution in [0.3, 0.4) is 0 Å². The summed E-state index contributed by atoms with van der Waals surface area (Å²) >= 11 is 6.07. The molecule has 1 aliphatic heterocycles. The molecular formula is C19H28ClF3IN5O. The van der Waals surface area contributed by atoms with Crippen molar-refractivity contribution < 1.29 is 17.9 Å². The van der Waals surface area contributed by atoms with Gasteiger partial charge in [-0.25, -0.2) is 4.98 Å². The van der Waals surface area contributed by atoms with Gasteiger partial charge in [-0.2, -0.15) is 13.2 Å². The molecule has 2 aliphatic rings. The lowest BCUT2D eigenvalue weighted by Gasteiger charge is -2.22. The average Bonchev–Trinajstić information content (AvgIpc) is 3.31. The highest BCUT2D eigenvalue weighted by atomic mass is 127. The molecule has 11 heteroatoms. The third-order valence-corrected chi connectivity index (χ3v) is 5.90. The molecule has 2 heterocycles. The summed E-state index contributed by atoms with van der Waals surface area (Å²) in [6.07, 6.45) is 0.602. The minimum atomic E-state index is -4.45. The molecule has 1 aromatic heterocycles. The summed E-state index contributed by atoms with van der Waals surface area (Å²) in [5.74, 6) is 1.11. The molecule has 1 atom stereocenters. The van der Waals surface area contributed by atoms with Crippen LogP contribution in [0.5, 0.6) is 0 Å². The van der Waals surface area contributed by atoms with Crippen LogP contribution in [0.15, 0.2) is 17.3 Å². The Morgan fingerprint density at radius 3 is 2.73 bits per heavy atom. The summed E-state index contributed by atoms with van der Waals surface area (Å²) in [6.45, 7) is 2.85. The lowest BCUT2D eigenvalue weighted by molar-refractivity contribution is -0.137. The Kier molecular flexibility index (Phi) is 8.87. The Bertz CT molecular complexity index is 745. The maximum Gasteiger partial charge on any atom is 0.417 e. The SMILES string of the molecule is CN=C(NCC1(CCOC)CC1)NC1CCN(c2ncc(C(F)(F)F)cc2Cl)C1.I. The quantitative estimate of drug-likeness (QED) is 0.300. The second-order valence-electron chi connectivity index (χ2n) is 7.77. The number of nitrogens with one attached hydrogen (secondary N) is 2. The van der Waals surface area contributed by atoms with Gasteiger partial charge in [0.25, 0.3) is 0 Å². The summed E-state index contributed by atoms with van der Waals surface area (Å²) in [5.41, 5.74) is -0.542. The number of rotatable bonds is 7. The number of methoxy groups -OCH3 is 1.